The molecule has 1 atom stereocenters. The normalized spacial score (nSPS) is 20.8. The third-order valence-corrected chi connectivity index (χ3v) is 6.07. The van der Waals surface area contributed by atoms with Gasteiger partial charge in [0.15, 0.2) is 0 Å². The zero-order valence-electron chi connectivity index (χ0n) is 11.5. The van der Waals surface area contributed by atoms with Crippen LogP contribution in [0.1, 0.15) is 6.42 Å². The minimum Gasteiger partial charge on any atom is -0.306 e. The number of nitrogens with zero attached hydrogens (tertiary/aromatic N) is 2. The van der Waals surface area contributed by atoms with Gasteiger partial charge in [-0.05, 0) is 60.1 Å². The summed E-state index contributed by atoms with van der Waals surface area (Å²) in [6.45, 7) is 2.35. The molecule has 1 unspecified atom stereocenters. The molecular formula is C13H18BrFN2O2S. The zero-order chi connectivity index (χ0) is 14.9. The van der Waals surface area contributed by atoms with Gasteiger partial charge in [-0.2, -0.15) is 0 Å². The molecule has 1 heterocycles. The van der Waals surface area contributed by atoms with Crippen LogP contribution in [0.25, 0.3) is 0 Å². The Morgan fingerprint density at radius 3 is 2.75 bits per heavy atom. The van der Waals surface area contributed by atoms with Crippen LogP contribution in [0.3, 0.4) is 0 Å². The van der Waals surface area contributed by atoms with E-state index in [1.54, 1.807) is 7.05 Å². The minimum atomic E-state index is -3.63. The highest BCUT2D eigenvalue weighted by Crippen LogP contribution is 2.23. The van der Waals surface area contributed by atoms with Crippen LogP contribution in [-0.2, 0) is 10.0 Å². The van der Waals surface area contributed by atoms with Crippen LogP contribution in [0.4, 0.5) is 4.39 Å². The lowest BCUT2D eigenvalue weighted by atomic mass is 10.1. The summed E-state index contributed by atoms with van der Waals surface area (Å²) < 4.78 is 39.9. The Labute approximate surface area is 127 Å². The quantitative estimate of drug-likeness (QED) is 0.821. The first-order valence-corrected chi connectivity index (χ1v) is 8.64. The van der Waals surface area contributed by atoms with Gasteiger partial charge < -0.3 is 4.90 Å². The second-order valence-electron chi connectivity index (χ2n) is 5.28. The average molecular weight is 365 g/mol. The molecule has 7 heteroatoms. The molecule has 0 amide bonds. The predicted molar refractivity (Wildman–Crippen MR) is 79.5 cm³/mol. The van der Waals surface area contributed by atoms with Crippen LogP contribution in [0.5, 0.6) is 0 Å². The van der Waals surface area contributed by atoms with Gasteiger partial charge in [-0.25, -0.2) is 17.1 Å². The fourth-order valence-electron chi connectivity index (χ4n) is 2.45. The first-order valence-electron chi connectivity index (χ1n) is 6.40. The summed E-state index contributed by atoms with van der Waals surface area (Å²) in [5.41, 5.74) is 0. The zero-order valence-corrected chi connectivity index (χ0v) is 13.9. The molecule has 0 radical (unpaired) electrons. The van der Waals surface area contributed by atoms with E-state index < -0.39 is 15.8 Å². The molecule has 0 aromatic heterocycles. The number of likely N-dealkylation sites (tertiary alicyclic amines) is 1. The molecule has 1 saturated heterocycles. The van der Waals surface area contributed by atoms with E-state index >= 15 is 0 Å². The third kappa shape index (κ3) is 3.39. The summed E-state index contributed by atoms with van der Waals surface area (Å²) in [4.78, 5) is 2.18. The highest BCUT2D eigenvalue weighted by atomic mass is 79.9. The number of hydrogen-bond acceptors (Lipinski definition) is 3. The van der Waals surface area contributed by atoms with E-state index in [2.05, 4.69) is 20.8 Å². The fourth-order valence-corrected chi connectivity index (χ4v) is 3.96. The molecule has 0 spiro atoms. The van der Waals surface area contributed by atoms with Gasteiger partial charge in [-0.1, -0.05) is 0 Å². The maximum absolute atomic E-state index is 13.5. The van der Waals surface area contributed by atoms with Gasteiger partial charge >= 0.3 is 0 Å². The van der Waals surface area contributed by atoms with Crippen molar-refractivity contribution in [2.75, 3.05) is 33.7 Å². The third-order valence-electron chi connectivity index (χ3n) is 3.60. The summed E-state index contributed by atoms with van der Waals surface area (Å²) >= 11 is 3.02. The summed E-state index contributed by atoms with van der Waals surface area (Å²) in [7, 11) is -0.0536. The molecule has 0 aliphatic carbocycles. The number of hydrogen-bond donors (Lipinski definition) is 0. The topological polar surface area (TPSA) is 40.6 Å². The maximum atomic E-state index is 13.5. The fraction of sp³-hybridized carbons (Fsp3) is 0.538. The first kappa shape index (κ1) is 15.9. The van der Waals surface area contributed by atoms with Crippen LogP contribution in [0.2, 0.25) is 0 Å². The molecule has 1 aromatic rings. The molecule has 1 aliphatic heterocycles. The van der Waals surface area contributed by atoms with Gasteiger partial charge in [-0.15, -0.1) is 0 Å². The van der Waals surface area contributed by atoms with Crippen molar-refractivity contribution in [2.45, 2.75) is 11.3 Å². The van der Waals surface area contributed by atoms with E-state index in [0.29, 0.717) is 12.5 Å². The average Bonchev–Trinajstić information content (AvgIpc) is 2.78. The van der Waals surface area contributed by atoms with Gasteiger partial charge in [0.1, 0.15) is 5.82 Å². The molecule has 112 valence electrons. The molecule has 0 N–H and O–H groups in total. The van der Waals surface area contributed by atoms with E-state index in [9.17, 15) is 12.8 Å². The Kier molecular flexibility index (Phi) is 4.84. The van der Waals surface area contributed by atoms with Crippen molar-refractivity contribution in [3.63, 3.8) is 0 Å². The summed E-state index contributed by atoms with van der Waals surface area (Å²) in [5.74, 6) is -0.236. The molecule has 1 aliphatic rings. The monoisotopic (exact) mass is 364 g/mol. The Balaban J connectivity index is 2.14. The Hall–Kier alpha value is -0.500. The molecule has 4 nitrogen and oxygen atoms in total. The smallest absolute Gasteiger partial charge is 0.242 e. The second-order valence-corrected chi connectivity index (χ2v) is 8.18. The molecule has 0 bridgehead atoms. The molecule has 20 heavy (non-hydrogen) atoms. The number of halogens is 2. The maximum Gasteiger partial charge on any atom is 0.242 e. The largest absolute Gasteiger partial charge is 0.306 e. The SMILES string of the molecule is CN1CCC(CN(C)S(=O)(=O)c2ccc(Br)c(F)c2)C1. The Morgan fingerprint density at radius 1 is 1.50 bits per heavy atom. The second kappa shape index (κ2) is 6.09. The summed E-state index contributed by atoms with van der Waals surface area (Å²) in [6.07, 6.45) is 0.991. The lowest BCUT2D eigenvalue weighted by molar-refractivity contribution is 0.356. The molecule has 2 rings (SSSR count). The van der Waals surface area contributed by atoms with Crippen LogP contribution in [0, 0.1) is 11.7 Å². The van der Waals surface area contributed by atoms with Gasteiger partial charge in [0.05, 0.1) is 9.37 Å². The Bertz CT molecular complexity index is 594. The van der Waals surface area contributed by atoms with Gasteiger partial charge in [0, 0.05) is 20.1 Å². The van der Waals surface area contributed by atoms with Crippen LogP contribution >= 0.6 is 15.9 Å². The standard InChI is InChI=1S/C13H18BrFN2O2S/c1-16-6-5-10(8-16)9-17(2)20(18,19)11-3-4-12(14)13(15)7-11/h3-4,7,10H,5-6,8-9H2,1-2H3. The number of benzene rings is 1. The number of sulfonamides is 1. The van der Waals surface area contributed by atoms with Gasteiger partial charge in [0.25, 0.3) is 0 Å². The molecular weight excluding hydrogens is 347 g/mol. The van der Waals surface area contributed by atoms with Crippen molar-refractivity contribution in [3.8, 4) is 0 Å². The van der Waals surface area contributed by atoms with Crippen molar-refractivity contribution in [1.82, 2.24) is 9.21 Å². The molecule has 0 saturated carbocycles. The van der Waals surface area contributed by atoms with E-state index in [0.717, 1.165) is 25.6 Å². The Morgan fingerprint density at radius 2 is 2.20 bits per heavy atom. The highest BCUT2D eigenvalue weighted by Gasteiger charge is 2.27. The van der Waals surface area contributed by atoms with Gasteiger partial charge in [0.2, 0.25) is 10.0 Å². The minimum absolute atomic E-state index is 0.00736. The van der Waals surface area contributed by atoms with Crippen molar-refractivity contribution >= 4 is 26.0 Å². The first-order chi connectivity index (χ1) is 9.30. The van der Waals surface area contributed by atoms with E-state index in [-0.39, 0.29) is 9.37 Å². The van der Waals surface area contributed by atoms with Gasteiger partial charge in [-0.3, -0.25) is 0 Å². The van der Waals surface area contributed by atoms with Crippen LogP contribution in [-0.4, -0.2) is 51.4 Å². The highest BCUT2D eigenvalue weighted by molar-refractivity contribution is 9.10. The van der Waals surface area contributed by atoms with Crippen LogP contribution in [0.15, 0.2) is 27.6 Å². The molecule has 1 fully saturated rings. The van der Waals surface area contributed by atoms with Crippen molar-refractivity contribution < 1.29 is 12.8 Å². The molecule has 1 aromatic carbocycles. The van der Waals surface area contributed by atoms with E-state index in [1.807, 2.05) is 7.05 Å². The van der Waals surface area contributed by atoms with Crippen molar-refractivity contribution in [1.29, 1.82) is 0 Å². The predicted octanol–water partition coefficient (Wildman–Crippen LogP) is 2.16. The van der Waals surface area contributed by atoms with E-state index in [4.69, 9.17) is 0 Å². The summed E-state index contributed by atoms with van der Waals surface area (Å²) in [5, 5.41) is 0. The lowest BCUT2D eigenvalue weighted by Gasteiger charge is -2.21. The van der Waals surface area contributed by atoms with Crippen molar-refractivity contribution in [2.24, 2.45) is 5.92 Å². The van der Waals surface area contributed by atoms with E-state index in [1.165, 1.54) is 16.4 Å². The summed E-state index contributed by atoms with van der Waals surface area (Å²) in [6, 6.07) is 3.88. The van der Waals surface area contributed by atoms with Crippen molar-refractivity contribution in [3.05, 3.63) is 28.5 Å². The lowest BCUT2D eigenvalue weighted by Crippen LogP contribution is -2.33. The number of rotatable bonds is 4. The van der Waals surface area contributed by atoms with Crippen LogP contribution < -0.4 is 0 Å².